The van der Waals surface area contributed by atoms with Gasteiger partial charge in [-0.1, -0.05) is 19.1 Å². The SMILES string of the molecule is CCc1cccc(OCCN2C(=O)NC(C)(C3CC3)C2=O)c1. The zero-order valence-corrected chi connectivity index (χ0v) is 13.1. The number of imide groups is 1. The standard InChI is InChI=1S/C17H22N2O3/c1-3-12-5-4-6-14(11-12)22-10-9-19-15(20)17(2,13-7-8-13)18-16(19)21/h4-6,11,13H,3,7-10H2,1-2H3,(H,18,21). The molecule has 1 aliphatic carbocycles. The molecule has 1 aliphatic heterocycles. The lowest BCUT2D eigenvalue weighted by molar-refractivity contribution is -0.131. The second-order valence-corrected chi connectivity index (χ2v) is 6.21. The normalized spacial score (nSPS) is 24.5. The van der Waals surface area contributed by atoms with Crippen LogP contribution in [0.2, 0.25) is 0 Å². The summed E-state index contributed by atoms with van der Waals surface area (Å²) in [6.45, 7) is 4.51. The molecule has 0 radical (unpaired) electrons. The largest absolute Gasteiger partial charge is 0.492 e. The molecule has 22 heavy (non-hydrogen) atoms. The lowest BCUT2D eigenvalue weighted by Crippen LogP contribution is -2.46. The van der Waals surface area contributed by atoms with E-state index in [0.29, 0.717) is 6.61 Å². The van der Waals surface area contributed by atoms with Crippen LogP contribution >= 0.6 is 0 Å². The summed E-state index contributed by atoms with van der Waals surface area (Å²) >= 11 is 0. The minimum absolute atomic E-state index is 0.120. The lowest BCUT2D eigenvalue weighted by Gasteiger charge is -2.21. The van der Waals surface area contributed by atoms with Crippen LogP contribution in [-0.4, -0.2) is 35.5 Å². The average Bonchev–Trinajstić information content (AvgIpc) is 3.33. The van der Waals surface area contributed by atoms with Gasteiger partial charge in [-0.2, -0.15) is 0 Å². The topological polar surface area (TPSA) is 58.6 Å². The van der Waals surface area contributed by atoms with Crippen LogP contribution in [0.1, 0.15) is 32.3 Å². The fourth-order valence-corrected chi connectivity index (χ4v) is 2.97. The van der Waals surface area contributed by atoms with Gasteiger partial charge in [-0.25, -0.2) is 4.79 Å². The van der Waals surface area contributed by atoms with Gasteiger partial charge in [0.1, 0.15) is 17.9 Å². The molecule has 2 aliphatic rings. The Morgan fingerprint density at radius 3 is 2.82 bits per heavy atom. The van der Waals surface area contributed by atoms with Gasteiger partial charge in [0.2, 0.25) is 0 Å². The molecule has 1 heterocycles. The van der Waals surface area contributed by atoms with Crippen molar-refractivity contribution < 1.29 is 14.3 Å². The van der Waals surface area contributed by atoms with Crippen LogP contribution in [0.5, 0.6) is 5.75 Å². The van der Waals surface area contributed by atoms with Gasteiger partial charge in [0, 0.05) is 0 Å². The third-order valence-electron chi connectivity index (χ3n) is 4.59. The molecule has 5 nitrogen and oxygen atoms in total. The fraction of sp³-hybridized carbons (Fsp3) is 0.529. The third-order valence-corrected chi connectivity index (χ3v) is 4.59. The van der Waals surface area contributed by atoms with E-state index in [0.717, 1.165) is 25.0 Å². The van der Waals surface area contributed by atoms with Gasteiger partial charge in [0.05, 0.1) is 6.54 Å². The van der Waals surface area contributed by atoms with Gasteiger partial charge >= 0.3 is 6.03 Å². The van der Waals surface area contributed by atoms with Crippen molar-refractivity contribution in [1.82, 2.24) is 10.2 Å². The molecule has 3 amide bonds. The first-order valence-electron chi connectivity index (χ1n) is 7.90. The number of carbonyl (C=O) groups is 2. The maximum atomic E-state index is 12.4. The molecule has 3 rings (SSSR count). The Hall–Kier alpha value is -2.04. The Labute approximate surface area is 130 Å². The number of nitrogens with zero attached hydrogens (tertiary/aromatic N) is 1. The fourth-order valence-electron chi connectivity index (χ4n) is 2.97. The highest BCUT2D eigenvalue weighted by atomic mass is 16.5. The summed E-state index contributed by atoms with van der Waals surface area (Å²) in [6.07, 6.45) is 2.97. The highest BCUT2D eigenvalue weighted by Crippen LogP contribution is 2.42. The Morgan fingerprint density at radius 1 is 1.36 bits per heavy atom. The van der Waals surface area contributed by atoms with Crippen LogP contribution in [0.25, 0.3) is 0 Å². The highest BCUT2D eigenvalue weighted by Gasteiger charge is 2.55. The number of benzene rings is 1. The summed E-state index contributed by atoms with van der Waals surface area (Å²) in [7, 11) is 0. The van der Waals surface area contributed by atoms with E-state index < -0.39 is 5.54 Å². The highest BCUT2D eigenvalue weighted by molar-refractivity contribution is 6.07. The average molecular weight is 302 g/mol. The van der Waals surface area contributed by atoms with E-state index in [2.05, 4.69) is 12.2 Å². The lowest BCUT2D eigenvalue weighted by atomic mass is 9.96. The molecule has 0 bridgehead atoms. The summed E-state index contributed by atoms with van der Waals surface area (Å²) in [5.41, 5.74) is 0.493. The molecule has 1 aromatic carbocycles. The predicted molar refractivity (Wildman–Crippen MR) is 82.7 cm³/mol. The van der Waals surface area contributed by atoms with Crippen molar-refractivity contribution in [2.75, 3.05) is 13.2 Å². The molecule has 2 fully saturated rings. The predicted octanol–water partition coefficient (Wildman–Crippen LogP) is 2.35. The van der Waals surface area contributed by atoms with Gasteiger partial charge in [-0.15, -0.1) is 0 Å². The van der Waals surface area contributed by atoms with Crippen LogP contribution in [0.3, 0.4) is 0 Å². The number of nitrogens with one attached hydrogen (secondary N) is 1. The molecule has 1 aromatic rings. The van der Waals surface area contributed by atoms with Crippen LogP contribution in [0.4, 0.5) is 4.79 Å². The van der Waals surface area contributed by atoms with E-state index in [9.17, 15) is 9.59 Å². The number of urea groups is 1. The summed E-state index contributed by atoms with van der Waals surface area (Å²) in [5, 5.41) is 2.84. The first-order valence-corrected chi connectivity index (χ1v) is 7.90. The Bertz CT molecular complexity index is 597. The molecule has 118 valence electrons. The van der Waals surface area contributed by atoms with Gasteiger partial charge in [-0.05, 0) is 49.8 Å². The van der Waals surface area contributed by atoms with Gasteiger partial charge in [0.15, 0.2) is 0 Å². The Balaban J connectivity index is 1.57. The van der Waals surface area contributed by atoms with Gasteiger partial charge in [-0.3, -0.25) is 9.69 Å². The molecular formula is C17H22N2O3. The summed E-state index contributed by atoms with van der Waals surface area (Å²) in [6, 6.07) is 7.57. The maximum Gasteiger partial charge on any atom is 0.325 e. The smallest absolute Gasteiger partial charge is 0.325 e. The molecule has 1 saturated carbocycles. The molecule has 1 unspecified atom stereocenters. The molecule has 5 heteroatoms. The van der Waals surface area contributed by atoms with Crippen molar-refractivity contribution in [3.63, 3.8) is 0 Å². The minimum Gasteiger partial charge on any atom is -0.492 e. The van der Waals surface area contributed by atoms with Crippen molar-refractivity contribution in [2.24, 2.45) is 5.92 Å². The van der Waals surface area contributed by atoms with Crippen molar-refractivity contribution in [1.29, 1.82) is 0 Å². The number of amides is 3. The maximum absolute atomic E-state index is 12.4. The van der Waals surface area contributed by atoms with Crippen molar-refractivity contribution in [3.05, 3.63) is 29.8 Å². The minimum atomic E-state index is -0.709. The van der Waals surface area contributed by atoms with Crippen molar-refractivity contribution in [2.45, 2.75) is 38.6 Å². The van der Waals surface area contributed by atoms with E-state index in [1.165, 1.54) is 10.5 Å². The Morgan fingerprint density at radius 2 is 2.14 bits per heavy atom. The van der Waals surface area contributed by atoms with Crippen LogP contribution in [0.15, 0.2) is 24.3 Å². The first kappa shape index (κ1) is 14.9. The van der Waals surface area contributed by atoms with Gasteiger partial charge < -0.3 is 10.1 Å². The van der Waals surface area contributed by atoms with Crippen LogP contribution in [0, 0.1) is 5.92 Å². The monoisotopic (exact) mass is 302 g/mol. The zero-order chi connectivity index (χ0) is 15.7. The van der Waals surface area contributed by atoms with Crippen LogP contribution < -0.4 is 10.1 Å². The second-order valence-electron chi connectivity index (χ2n) is 6.21. The third kappa shape index (κ3) is 2.67. The summed E-state index contributed by atoms with van der Waals surface area (Å²) in [4.78, 5) is 25.7. The molecular weight excluding hydrogens is 280 g/mol. The number of aryl methyl sites for hydroxylation is 1. The second kappa shape index (κ2) is 5.63. The number of hydrogen-bond acceptors (Lipinski definition) is 3. The molecule has 0 spiro atoms. The van der Waals surface area contributed by atoms with Crippen molar-refractivity contribution in [3.8, 4) is 5.75 Å². The van der Waals surface area contributed by atoms with E-state index in [1.54, 1.807) is 0 Å². The number of ether oxygens (including phenoxy) is 1. The van der Waals surface area contributed by atoms with Gasteiger partial charge in [0.25, 0.3) is 5.91 Å². The molecule has 0 aromatic heterocycles. The molecule has 1 N–H and O–H groups in total. The zero-order valence-electron chi connectivity index (χ0n) is 13.1. The Kier molecular flexibility index (Phi) is 3.81. The van der Waals surface area contributed by atoms with E-state index in [4.69, 9.17) is 4.74 Å². The van der Waals surface area contributed by atoms with Crippen LogP contribution in [-0.2, 0) is 11.2 Å². The molecule has 1 saturated heterocycles. The summed E-state index contributed by atoms with van der Waals surface area (Å²) in [5.74, 6) is 0.943. The van der Waals surface area contributed by atoms with E-state index in [-0.39, 0.29) is 24.4 Å². The number of rotatable bonds is 6. The van der Waals surface area contributed by atoms with E-state index >= 15 is 0 Å². The number of carbonyl (C=O) groups excluding carboxylic acids is 2. The first-order chi connectivity index (χ1) is 10.5. The number of hydrogen-bond donors (Lipinski definition) is 1. The van der Waals surface area contributed by atoms with Crippen molar-refractivity contribution >= 4 is 11.9 Å². The van der Waals surface area contributed by atoms with E-state index in [1.807, 2.05) is 31.2 Å². The summed E-state index contributed by atoms with van der Waals surface area (Å²) < 4.78 is 5.68. The molecule has 1 atom stereocenters. The quantitative estimate of drug-likeness (QED) is 0.821.